The molecular formula is C16H17F3N5O+. The molecule has 2 aromatic heterocycles. The molecule has 0 fully saturated rings. The molecule has 1 unspecified atom stereocenters. The summed E-state index contributed by atoms with van der Waals surface area (Å²) in [5.41, 5.74) is 0.901. The molecule has 25 heavy (non-hydrogen) atoms. The van der Waals surface area contributed by atoms with Crippen LogP contribution in [-0.4, -0.2) is 33.9 Å². The molecule has 2 N–H and O–H groups in total. The topological polar surface area (TPSA) is 72.0 Å². The molecular weight excluding hydrogens is 335 g/mol. The van der Waals surface area contributed by atoms with E-state index >= 15 is 0 Å². The van der Waals surface area contributed by atoms with Crippen LogP contribution in [0.1, 0.15) is 17.0 Å². The van der Waals surface area contributed by atoms with Crippen molar-refractivity contribution >= 4 is 0 Å². The Balaban J connectivity index is 1.60. The number of hydrogen-bond acceptors (Lipinski definition) is 4. The summed E-state index contributed by atoms with van der Waals surface area (Å²) in [4.78, 5) is 5.43. The highest BCUT2D eigenvalue weighted by Gasteiger charge is 2.30. The molecule has 132 valence electrons. The standard InChI is InChI=1S/C16H16F3N5O/c1-24(7-6-11-8-20-21-9-11)10-14-22-15(23-25-14)12-2-4-13(5-3-12)16(17,18)19/h2-5,8-9H,6-7,10H2,1H3,(H,20,21)/p+1. The van der Waals surface area contributed by atoms with Crippen LogP contribution < -0.4 is 4.90 Å². The second kappa shape index (κ2) is 7.06. The van der Waals surface area contributed by atoms with Gasteiger partial charge in [-0.25, -0.2) is 0 Å². The first kappa shape index (κ1) is 17.2. The monoisotopic (exact) mass is 352 g/mol. The minimum absolute atomic E-state index is 0.284. The Labute approximate surface area is 141 Å². The van der Waals surface area contributed by atoms with Gasteiger partial charge in [0.25, 0.3) is 5.89 Å². The van der Waals surface area contributed by atoms with Gasteiger partial charge < -0.3 is 9.42 Å². The Morgan fingerprint density at radius 3 is 2.60 bits per heavy atom. The SMILES string of the molecule is C[NH+](CCc1cn[nH]c1)Cc1nc(-c2ccc(C(F)(F)F)cc2)no1. The molecule has 0 aliphatic carbocycles. The number of benzene rings is 1. The van der Waals surface area contributed by atoms with E-state index in [1.54, 1.807) is 6.20 Å². The van der Waals surface area contributed by atoms with Crippen molar-refractivity contribution in [3.05, 3.63) is 53.7 Å². The van der Waals surface area contributed by atoms with Crippen LogP contribution in [0, 0.1) is 0 Å². The van der Waals surface area contributed by atoms with Crippen LogP contribution in [-0.2, 0) is 19.1 Å². The Hall–Kier alpha value is -2.68. The van der Waals surface area contributed by atoms with Crippen molar-refractivity contribution in [3.63, 3.8) is 0 Å². The van der Waals surface area contributed by atoms with Gasteiger partial charge in [0.05, 0.1) is 25.4 Å². The van der Waals surface area contributed by atoms with Crippen LogP contribution in [0.2, 0.25) is 0 Å². The summed E-state index contributed by atoms with van der Waals surface area (Å²) in [7, 11) is 2.00. The van der Waals surface area contributed by atoms with E-state index in [9.17, 15) is 13.2 Å². The van der Waals surface area contributed by atoms with Crippen molar-refractivity contribution in [2.45, 2.75) is 19.1 Å². The lowest BCUT2D eigenvalue weighted by Gasteiger charge is -2.10. The minimum atomic E-state index is -4.36. The van der Waals surface area contributed by atoms with E-state index in [1.807, 2.05) is 13.2 Å². The lowest BCUT2D eigenvalue weighted by Crippen LogP contribution is -3.07. The molecule has 9 heteroatoms. The zero-order chi connectivity index (χ0) is 17.9. The third-order valence-electron chi connectivity index (χ3n) is 3.79. The molecule has 3 rings (SSSR count). The summed E-state index contributed by atoms with van der Waals surface area (Å²) >= 11 is 0. The highest BCUT2D eigenvalue weighted by atomic mass is 19.4. The van der Waals surface area contributed by atoms with E-state index in [0.717, 1.165) is 30.7 Å². The summed E-state index contributed by atoms with van der Waals surface area (Å²) in [6, 6.07) is 4.70. The Bertz CT molecular complexity index is 796. The number of H-pyrrole nitrogens is 1. The van der Waals surface area contributed by atoms with Gasteiger partial charge in [0.1, 0.15) is 0 Å². The Morgan fingerprint density at radius 2 is 1.96 bits per heavy atom. The summed E-state index contributed by atoms with van der Waals surface area (Å²) in [5, 5.41) is 10.5. The van der Waals surface area contributed by atoms with Gasteiger partial charge in [0.2, 0.25) is 5.82 Å². The maximum atomic E-state index is 12.6. The number of aromatic amines is 1. The Kier molecular flexibility index (Phi) is 4.84. The smallest absolute Gasteiger partial charge is 0.333 e. The van der Waals surface area contributed by atoms with Crippen molar-refractivity contribution in [2.24, 2.45) is 0 Å². The first-order chi connectivity index (χ1) is 11.9. The van der Waals surface area contributed by atoms with Crippen LogP contribution in [0.4, 0.5) is 13.2 Å². The van der Waals surface area contributed by atoms with Gasteiger partial charge in [-0.3, -0.25) is 5.10 Å². The zero-order valence-corrected chi connectivity index (χ0v) is 13.5. The molecule has 0 aliphatic heterocycles. The zero-order valence-electron chi connectivity index (χ0n) is 13.5. The van der Waals surface area contributed by atoms with Gasteiger partial charge >= 0.3 is 6.18 Å². The normalized spacial score (nSPS) is 13.1. The van der Waals surface area contributed by atoms with Gasteiger partial charge in [0.15, 0.2) is 6.54 Å². The molecule has 0 saturated carbocycles. The second-order valence-electron chi connectivity index (χ2n) is 5.83. The predicted molar refractivity (Wildman–Crippen MR) is 82.5 cm³/mol. The van der Waals surface area contributed by atoms with Gasteiger partial charge in [-0.2, -0.15) is 23.3 Å². The average Bonchev–Trinajstić information content (AvgIpc) is 3.24. The molecule has 0 radical (unpaired) electrons. The van der Waals surface area contributed by atoms with Crippen molar-refractivity contribution < 1.29 is 22.6 Å². The summed E-state index contributed by atoms with van der Waals surface area (Å²) in [5.74, 6) is 0.728. The fourth-order valence-electron chi connectivity index (χ4n) is 2.37. The summed E-state index contributed by atoms with van der Waals surface area (Å²) in [6.45, 7) is 1.39. The summed E-state index contributed by atoms with van der Waals surface area (Å²) in [6.07, 6.45) is 0.135. The number of nitrogens with one attached hydrogen (secondary N) is 2. The van der Waals surface area contributed by atoms with Crippen LogP contribution >= 0.6 is 0 Å². The van der Waals surface area contributed by atoms with Gasteiger partial charge in [-0.15, -0.1) is 0 Å². The third-order valence-corrected chi connectivity index (χ3v) is 3.79. The molecule has 1 aromatic carbocycles. The molecule has 6 nitrogen and oxygen atoms in total. The van der Waals surface area contributed by atoms with Crippen molar-refractivity contribution in [1.29, 1.82) is 0 Å². The largest absolute Gasteiger partial charge is 0.416 e. The molecule has 2 heterocycles. The fourth-order valence-corrected chi connectivity index (χ4v) is 2.37. The number of nitrogens with zero attached hydrogens (tertiary/aromatic N) is 3. The predicted octanol–water partition coefficient (Wildman–Crippen LogP) is 1.74. The number of quaternary nitrogens is 1. The summed E-state index contributed by atoms with van der Waals surface area (Å²) < 4.78 is 43.0. The lowest BCUT2D eigenvalue weighted by molar-refractivity contribution is -0.894. The second-order valence-corrected chi connectivity index (χ2v) is 5.83. The average molecular weight is 352 g/mol. The molecule has 1 atom stereocenters. The van der Waals surface area contributed by atoms with Crippen molar-refractivity contribution in [1.82, 2.24) is 20.3 Å². The van der Waals surface area contributed by atoms with Gasteiger partial charge in [0, 0.05) is 18.2 Å². The van der Waals surface area contributed by atoms with Gasteiger partial charge in [-0.1, -0.05) is 17.3 Å². The third kappa shape index (κ3) is 4.44. The maximum absolute atomic E-state index is 12.6. The van der Waals surface area contributed by atoms with E-state index in [4.69, 9.17) is 4.52 Å². The Morgan fingerprint density at radius 1 is 1.20 bits per heavy atom. The molecule has 0 bridgehead atoms. The van der Waals surface area contributed by atoms with Crippen LogP contribution in [0.15, 0.2) is 41.2 Å². The minimum Gasteiger partial charge on any atom is -0.333 e. The molecule has 3 aromatic rings. The van der Waals surface area contributed by atoms with Crippen molar-refractivity contribution in [3.8, 4) is 11.4 Å². The van der Waals surface area contributed by atoms with E-state index in [2.05, 4.69) is 20.3 Å². The van der Waals surface area contributed by atoms with Crippen LogP contribution in [0.3, 0.4) is 0 Å². The highest BCUT2D eigenvalue weighted by molar-refractivity contribution is 5.54. The number of alkyl halides is 3. The fraction of sp³-hybridized carbons (Fsp3) is 0.312. The number of likely N-dealkylation sites (N-methyl/N-ethyl adjacent to an activating group) is 1. The molecule has 0 saturated heterocycles. The van der Waals surface area contributed by atoms with E-state index in [1.165, 1.54) is 17.0 Å². The lowest BCUT2D eigenvalue weighted by atomic mass is 10.1. The number of halogens is 3. The maximum Gasteiger partial charge on any atom is 0.416 e. The van der Waals surface area contributed by atoms with E-state index in [0.29, 0.717) is 18.0 Å². The quantitative estimate of drug-likeness (QED) is 0.709. The molecule has 0 aliphatic rings. The molecule has 0 spiro atoms. The van der Waals surface area contributed by atoms with E-state index < -0.39 is 11.7 Å². The van der Waals surface area contributed by atoms with E-state index in [-0.39, 0.29) is 5.82 Å². The van der Waals surface area contributed by atoms with Crippen LogP contribution in [0.5, 0.6) is 0 Å². The number of rotatable bonds is 6. The van der Waals surface area contributed by atoms with Crippen LogP contribution in [0.25, 0.3) is 11.4 Å². The number of hydrogen-bond donors (Lipinski definition) is 2. The van der Waals surface area contributed by atoms with Crippen molar-refractivity contribution in [2.75, 3.05) is 13.6 Å². The molecule has 0 amide bonds. The first-order valence-corrected chi connectivity index (χ1v) is 7.71. The first-order valence-electron chi connectivity index (χ1n) is 7.71. The highest BCUT2D eigenvalue weighted by Crippen LogP contribution is 2.30. The number of aromatic nitrogens is 4. The van der Waals surface area contributed by atoms with Gasteiger partial charge in [-0.05, 0) is 17.7 Å².